The van der Waals surface area contributed by atoms with Gasteiger partial charge in [-0.05, 0) is 32.4 Å². The van der Waals surface area contributed by atoms with Crippen LogP contribution in [-0.2, 0) is 4.79 Å². The van der Waals surface area contributed by atoms with Crippen molar-refractivity contribution in [3.63, 3.8) is 0 Å². The molecule has 2 N–H and O–H groups in total. The maximum Gasteiger partial charge on any atom is 0.303 e. The molecule has 1 unspecified atom stereocenters. The van der Waals surface area contributed by atoms with E-state index >= 15 is 0 Å². The summed E-state index contributed by atoms with van der Waals surface area (Å²) in [6.45, 7) is 4.30. The molecule has 1 rings (SSSR count). The molecule has 0 fully saturated rings. The smallest absolute Gasteiger partial charge is 0.303 e. The summed E-state index contributed by atoms with van der Waals surface area (Å²) in [5.74, 6) is -0.286. The van der Waals surface area contributed by atoms with Crippen molar-refractivity contribution >= 4 is 5.97 Å². The molecule has 0 aliphatic heterocycles. The van der Waals surface area contributed by atoms with Crippen LogP contribution < -0.4 is 4.74 Å². The SMILES string of the molecule is CCOc1ccc(C)cc1C(O)CCC(=O)O. The molecule has 1 aromatic rings. The van der Waals surface area contributed by atoms with Gasteiger partial charge in [0.25, 0.3) is 0 Å². The number of benzene rings is 1. The van der Waals surface area contributed by atoms with Crippen molar-refractivity contribution in [1.29, 1.82) is 0 Å². The average molecular weight is 238 g/mol. The van der Waals surface area contributed by atoms with E-state index in [0.29, 0.717) is 17.9 Å². The lowest BCUT2D eigenvalue weighted by Gasteiger charge is -2.15. The van der Waals surface area contributed by atoms with Crippen molar-refractivity contribution < 1.29 is 19.7 Å². The first kappa shape index (κ1) is 13.5. The van der Waals surface area contributed by atoms with Gasteiger partial charge in [-0.3, -0.25) is 4.79 Å². The molecular formula is C13H18O4. The molecule has 4 heteroatoms. The highest BCUT2D eigenvalue weighted by atomic mass is 16.5. The number of hydrogen-bond acceptors (Lipinski definition) is 3. The lowest BCUT2D eigenvalue weighted by molar-refractivity contribution is -0.137. The van der Waals surface area contributed by atoms with Crippen LogP contribution in [0.5, 0.6) is 5.75 Å². The summed E-state index contributed by atoms with van der Waals surface area (Å²) in [7, 11) is 0. The Morgan fingerprint density at radius 2 is 2.18 bits per heavy atom. The standard InChI is InChI=1S/C13H18O4/c1-3-17-12-6-4-9(2)8-10(12)11(14)5-7-13(15)16/h4,6,8,11,14H,3,5,7H2,1-2H3,(H,15,16). The predicted molar refractivity (Wildman–Crippen MR) is 64.2 cm³/mol. The lowest BCUT2D eigenvalue weighted by atomic mass is 10.0. The first-order chi connectivity index (χ1) is 8.04. The molecule has 0 radical (unpaired) electrons. The Kier molecular flexibility index (Phi) is 4.97. The zero-order valence-corrected chi connectivity index (χ0v) is 10.1. The molecule has 0 aromatic heterocycles. The Morgan fingerprint density at radius 1 is 1.47 bits per heavy atom. The molecule has 0 spiro atoms. The quantitative estimate of drug-likeness (QED) is 0.798. The van der Waals surface area contributed by atoms with Crippen LogP contribution in [0.2, 0.25) is 0 Å². The normalized spacial score (nSPS) is 12.2. The molecule has 17 heavy (non-hydrogen) atoms. The van der Waals surface area contributed by atoms with Gasteiger partial charge in [0.2, 0.25) is 0 Å². The molecule has 1 atom stereocenters. The third-order valence-electron chi connectivity index (χ3n) is 2.46. The largest absolute Gasteiger partial charge is 0.493 e. The number of aliphatic hydroxyl groups excluding tert-OH is 1. The minimum absolute atomic E-state index is 0.0549. The Morgan fingerprint density at radius 3 is 2.76 bits per heavy atom. The molecule has 0 amide bonds. The van der Waals surface area contributed by atoms with Gasteiger partial charge in [-0.15, -0.1) is 0 Å². The molecule has 0 saturated heterocycles. The minimum Gasteiger partial charge on any atom is -0.493 e. The maximum atomic E-state index is 10.5. The lowest BCUT2D eigenvalue weighted by Crippen LogP contribution is -2.05. The molecule has 0 bridgehead atoms. The average Bonchev–Trinajstić information content (AvgIpc) is 2.28. The fourth-order valence-corrected chi connectivity index (χ4v) is 1.63. The summed E-state index contributed by atoms with van der Waals surface area (Å²) < 4.78 is 5.41. The summed E-state index contributed by atoms with van der Waals surface area (Å²) in [4.78, 5) is 10.5. The van der Waals surface area contributed by atoms with E-state index in [1.165, 1.54) is 0 Å². The summed E-state index contributed by atoms with van der Waals surface area (Å²) in [5.41, 5.74) is 1.67. The third-order valence-corrected chi connectivity index (χ3v) is 2.46. The zero-order valence-electron chi connectivity index (χ0n) is 10.1. The Hall–Kier alpha value is -1.55. The van der Waals surface area contributed by atoms with Crippen molar-refractivity contribution in [2.75, 3.05) is 6.61 Å². The number of carbonyl (C=O) groups is 1. The first-order valence-corrected chi connectivity index (χ1v) is 5.67. The van der Waals surface area contributed by atoms with Crippen LogP contribution in [-0.4, -0.2) is 22.8 Å². The van der Waals surface area contributed by atoms with Crippen LogP contribution >= 0.6 is 0 Å². The number of hydrogen-bond donors (Lipinski definition) is 2. The van der Waals surface area contributed by atoms with Crippen molar-refractivity contribution in [2.24, 2.45) is 0 Å². The Bertz CT molecular complexity index is 387. The summed E-state index contributed by atoms with van der Waals surface area (Å²) in [6, 6.07) is 5.54. The second kappa shape index (κ2) is 6.25. The Labute approximate surface area is 101 Å². The van der Waals surface area contributed by atoms with E-state index in [9.17, 15) is 9.90 Å². The van der Waals surface area contributed by atoms with Gasteiger partial charge in [-0.25, -0.2) is 0 Å². The van der Waals surface area contributed by atoms with E-state index in [-0.39, 0.29) is 12.8 Å². The van der Waals surface area contributed by atoms with Crippen molar-refractivity contribution in [2.45, 2.75) is 32.8 Å². The van der Waals surface area contributed by atoms with Gasteiger partial charge in [-0.2, -0.15) is 0 Å². The van der Waals surface area contributed by atoms with E-state index in [4.69, 9.17) is 9.84 Å². The van der Waals surface area contributed by atoms with Crippen LogP contribution in [0.3, 0.4) is 0 Å². The molecule has 4 nitrogen and oxygen atoms in total. The van der Waals surface area contributed by atoms with E-state index < -0.39 is 12.1 Å². The second-order valence-corrected chi connectivity index (χ2v) is 3.92. The first-order valence-electron chi connectivity index (χ1n) is 5.67. The van der Waals surface area contributed by atoms with Gasteiger partial charge in [0.05, 0.1) is 12.7 Å². The van der Waals surface area contributed by atoms with E-state index in [1.54, 1.807) is 6.07 Å². The van der Waals surface area contributed by atoms with Crippen LogP contribution in [0.4, 0.5) is 0 Å². The molecule has 1 aromatic carbocycles. The Balaban J connectivity index is 2.85. The summed E-state index contributed by atoms with van der Waals surface area (Å²) >= 11 is 0. The summed E-state index contributed by atoms with van der Waals surface area (Å²) in [6.07, 6.45) is -0.660. The number of carboxylic acids is 1. The number of aliphatic carboxylic acids is 1. The summed E-state index contributed by atoms with van der Waals surface area (Å²) in [5, 5.41) is 18.6. The minimum atomic E-state index is -0.908. The molecule has 0 aliphatic carbocycles. The van der Waals surface area contributed by atoms with E-state index in [2.05, 4.69) is 0 Å². The van der Waals surface area contributed by atoms with Crippen LogP contribution in [0, 0.1) is 6.92 Å². The highest BCUT2D eigenvalue weighted by Crippen LogP contribution is 2.29. The number of ether oxygens (including phenoxy) is 1. The van der Waals surface area contributed by atoms with Gasteiger partial charge >= 0.3 is 5.97 Å². The highest BCUT2D eigenvalue weighted by Gasteiger charge is 2.15. The number of aliphatic hydroxyl groups is 1. The fourth-order valence-electron chi connectivity index (χ4n) is 1.63. The number of carboxylic acid groups (broad SMARTS) is 1. The predicted octanol–water partition coefficient (Wildman–Crippen LogP) is 2.29. The van der Waals surface area contributed by atoms with Crippen molar-refractivity contribution in [3.05, 3.63) is 29.3 Å². The van der Waals surface area contributed by atoms with Gasteiger partial charge < -0.3 is 14.9 Å². The molecular weight excluding hydrogens is 220 g/mol. The molecule has 94 valence electrons. The van der Waals surface area contributed by atoms with Gasteiger partial charge in [0.15, 0.2) is 0 Å². The molecule has 0 aliphatic rings. The monoisotopic (exact) mass is 238 g/mol. The van der Waals surface area contributed by atoms with E-state index in [0.717, 1.165) is 5.56 Å². The topological polar surface area (TPSA) is 66.8 Å². The van der Waals surface area contributed by atoms with Crippen LogP contribution in [0.1, 0.15) is 37.0 Å². The van der Waals surface area contributed by atoms with Crippen LogP contribution in [0.15, 0.2) is 18.2 Å². The van der Waals surface area contributed by atoms with E-state index in [1.807, 2.05) is 26.0 Å². The van der Waals surface area contributed by atoms with Crippen molar-refractivity contribution in [1.82, 2.24) is 0 Å². The highest BCUT2D eigenvalue weighted by molar-refractivity contribution is 5.66. The van der Waals surface area contributed by atoms with Crippen LogP contribution in [0.25, 0.3) is 0 Å². The molecule has 0 heterocycles. The number of rotatable bonds is 6. The van der Waals surface area contributed by atoms with Gasteiger partial charge in [0, 0.05) is 12.0 Å². The van der Waals surface area contributed by atoms with Gasteiger partial charge in [0.1, 0.15) is 5.75 Å². The maximum absolute atomic E-state index is 10.5. The van der Waals surface area contributed by atoms with Crippen molar-refractivity contribution in [3.8, 4) is 5.75 Å². The third kappa shape index (κ3) is 4.07. The molecule has 0 saturated carbocycles. The number of aryl methyl sites for hydroxylation is 1. The zero-order chi connectivity index (χ0) is 12.8. The second-order valence-electron chi connectivity index (χ2n) is 3.92. The van der Waals surface area contributed by atoms with Gasteiger partial charge in [-0.1, -0.05) is 11.6 Å². The fraction of sp³-hybridized carbons (Fsp3) is 0.462.